The molecule has 0 radical (unpaired) electrons. The van der Waals surface area contributed by atoms with Crippen LogP contribution in [0.3, 0.4) is 0 Å². The number of ether oxygens (including phenoxy) is 3. The van der Waals surface area contributed by atoms with E-state index in [-0.39, 0.29) is 30.0 Å². The number of likely N-dealkylation sites (tertiary alicyclic amines) is 1. The maximum absolute atomic E-state index is 12.9. The van der Waals surface area contributed by atoms with Gasteiger partial charge in [0.05, 0.1) is 25.9 Å². The summed E-state index contributed by atoms with van der Waals surface area (Å²) in [4.78, 5) is 22.1. The van der Waals surface area contributed by atoms with Crippen molar-refractivity contribution >= 4 is 5.91 Å². The summed E-state index contributed by atoms with van der Waals surface area (Å²) in [5.74, 6) is 0.502. The quantitative estimate of drug-likeness (QED) is 0.796. The molecule has 1 spiro atoms. The highest BCUT2D eigenvalue weighted by atomic mass is 19.1. The monoisotopic (exact) mass is 373 g/mol. The number of nitrogens with zero attached hydrogens (tertiary/aromatic N) is 3. The first-order valence-electron chi connectivity index (χ1n) is 8.85. The molecular formula is C19H20FN3O4. The fraction of sp³-hybridized carbons (Fsp3) is 0.421. The molecule has 2 aliphatic rings. The number of halogens is 1. The molecule has 2 saturated heterocycles. The summed E-state index contributed by atoms with van der Waals surface area (Å²) < 4.78 is 30.1. The Morgan fingerprint density at radius 1 is 1.30 bits per heavy atom. The van der Waals surface area contributed by atoms with E-state index in [1.54, 1.807) is 23.5 Å². The van der Waals surface area contributed by atoms with Gasteiger partial charge in [0.25, 0.3) is 5.91 Å². The number of carbonyl (C=O) groups is 1. The first kappa shape index (κ1) is 17.7. The van der Waals surface area contributed by atoms with E-state index < -0.39 is 0 Å². The molecule has 0 bridgehead atoms. The zero-order valence-corrected chi connectivity index (χ0v) is 14.7. The lowest BCUT2D eigenvalue weighted by atomic mass is 9.84. The molecule has 1 aromatic heterocycles. The van der Waals surface area contributed by atoms with E-state index >= 15 is 0 Å². The second-order valence-corrected chi connectivity index (χ2v) is 6.80. The molecule has 8 heteroatoms. The Morgan fingerprint density at radius 2 is 2.11 bits per heavy atom. The number of hydrogen-bond acceptors (Lipinski definition) is 6. The Bertz CT molecular complexity index is 781. The SMILES string of the molecule is O=C(COc1ccc(F)cc1)N1CC2(CC(Oc3cnccn3)CCO2)C1. The minimum Gasteiger partial charge on any atom is -0.484 e. The summed E-state index contributed by atoms with van der Waals surface area (Å²) in [5, 5.41) is 0. The van der Waals surface area contributed by atoms with E-state index in [4.69, 9.17) is 14.2 Å². The second kappa shape index (κ2) is 7.48. The van der Waals surface area contributed by atoms with E-state index in [1.807, 2.05) is 0 Å². The van der Waals surface area contributed by atoms with Crippen molar-refractivity contribution in [1.82, 2.24) is 14.9 Å². The Kier molecular flexibility index (Phi) is 4.89. The van der Waals surface area contributed by atoms with Crippen LogP contribution in [0.5, 0.6) is 11.6 Å². The minimum absolute atomic E-state index is 0.0110. The van der Waals surface area contributed by atoms with Crippen LogP contribution in [0.25, 0.3) is 0 Å². The van der Waals surface area contributed by atoms with Gasteiger partial charge in [0.1, 0.15) is 23.3 Å². The van der Waals surface area contributed by atoms with Gasteiger partial charge in [-0.05, 0) is 24.3 Å². The van der Waals surface area contributed by atoms with Gasteiger partial charge in [0.2, 0.25) is 5.88 Å². The molecule has 4 rings (SSSR count). The molecule has 0 N–H and O–H groups in total. The van der Waals surface area contributed by atoms with E-state index in [9.17, 15) is 9.18 Å². The average molecular weight is 373 g/mol. The van der Waals surface area contributed by atoms with E-state index in [0.717, 1.165) is 6.42 Å². The third kappa shape index (κ3) is 4.16. The molecule has 0 saturated carbocycles. The molecule has 1 atom stereocenters. The summed E-state index contributed by atoms with van der Waals surface area (Å²) in [6.07, 6.45) is 6.25. The number of amides is 1. The summed E-state index contributed by atoms with van der Waals surface area (Å²) in [6.45, 7) is 1.53. The molecule has 7 nitrogen and oxygen atoms in total. The lowest BCUT2D eigenvalue weighted by Gasteiger charge is -2.52. The zero-order chi connectivity index (χ0) is 18.7. The van der Waals surface area contributed by atoms with Crippen molar-refractivity contribution in [3.05, 3.63) is 48.7 Å². The van der Waals surface area contributed by atoms with Gasteiger partial charge in [0.15, 0.2) is 6.61 Å². The molecule has 3 heterocycles. The molecule has 27 heavy (non-hydrogen) atoms. The van der Waals surface area contributed by atoms with Crippen molar-refractivity contribution in [3.8, 4) is 11.6 Å². The fourth-order valence-corrected chi connectivity index (χ4v) is 3.41. The van der Waals surface area contributed by atoms with E-state index in [2.05, 4.69) is 9.97 Å². The lowest BCUT2D eigenvalue weighted by Crippen LogP contribution is -2.68. The molecule has 1 aromatic carbocycles. The van der Waals surface area contributed by atoms with Crippen molar-refractivity contribution in [1.29, 1.82) is 0 Å². The predicted molar refractivity (Wildman–Crippen MR) is 92.8 cm³/mol. The van der Waals surface area contributed by atoms with Crippen molar-refractivity contribution in [2.75, 3.05) is 26.3 Å². The molecule has 142 valence electrons. The van der Waals surface area contributed by atoms with E-state index in [1.165, 1.54) is 24.3 Å². The topological polar surface area (TPSA) is 73.8 Å². The minimum atomic E-state index is -0.364. The zero-order valence-electron chi connectivity index (χ0n) is 14.7. The Balaban J connectivity index is 1.26. The third-order valence-electron chi connectivity index (χ3n) is 4.76. The number of carbonyl (C=O) groups excluding carboxylic acids is 1. The fourth-order valence-electron chi connectivity index (χ4n) is 3.41. The molecular weight excluding hydrogens is 353 g/mol. The largest absolute Gasteiger partial charge is 0.484 e. The van der Waals surface area contributed by atoms with Gasteiger partial charge in [-0.1, -0.05) is 0 Å². The second-order valence-electron chi connectivity index (χ2n) is 6.80. The van der Waals surface area contributed by atoms with Crippen LogP contribution in [0.1, 0.15) is 12.8 Å². The number of hydrogen-bond donors (Lipinski definition) is 0. The van der Waals surface area contributed by atoms with Crippen LogP contribution in [0.4, 0.5) is 4.39 Å². The number of rotatable bonds is 5. The Hall–Kier alpha value is -2.74. The Morgan fingerprint density at radius 3 is 2.85 bits per heavy atom. The highest BCUT2D eigenvalue weighted by molar-refractivity contribution is 5.79. The smallest absolute Gasteiger partial charge is 0.260 e. The molecule has 0 aliphatic carbocycles. The lowest BCUT2D eigenvalue weighted by molar-refractivity contribution is -0.194. The molecule has 1 unspecified atom stereocenters. The highest BCUT2D eigenvalue weighted by Crippen LogP contribution is 2.35. The van der Waals surface area contributed by atoms with Gasteiger partial charge in [-0.15, -0.1) is 0 Å². The standard InChI is InChI=1S/C19H20FN3O4/c20-14-1-3-15(4-2-14)25-11-18(24)23-12-19(13-23)9-16(5-8-26-19)27-17-10-21-6-7-22-17/h1-4,6-7,10,16H,5,8-9,11-13H2. The highest BCUT2D eigenvalue weighted by Gasteiger charge is 2.50. The van der Waals surface area contributed by atoms with Crippen LogP contribution < -0.4 is 9.47 Å². The maximum atomic E-state index is 12.9. The molecule has 2 aliphatic heterocycles. The Labute approximate surface area is 156 Å². The van der Waals surface area contributed by atoms with Crippen LogP contribution >= 0.6 is 0 Å². The number of benzene rings is 1. The van der Waals surface area contributed by atoms with Gasteiger partial charge in [-0.25, -0.2) is 9.37 Å². The van der Waals surface area contributed by atoms with Crippen molar-refractivity contribution in [2.24, 2.45) is 0 Å². The van der Waals surface area contributed by atoms with Crippen molar-refractivity contribution in [3.63, 3.8) is 0 Å². The van der Waals surface area contributed by atoms with Crippen LogP contribution in [0.2, 0.25) is 0 Å². The summed E-state index contributed by atoms with van der Waals surface area (Å²) in [6, 6.07) is 5.59. The first-order valence-corrected chi connectivity index (χ1v) is 8.85. The first-order chi connectivity index (χ1) is 13.1. The van der Waals surface area contributed by atoms with Crippen LogP contribution in [0, 0.1) is 5.82 Å². The molecule has 2 aromatic rings. The number of aromatic nitrogens is 2. The molecule has 2 fully saturated rings. The van der Waals surface area contributed by atoms with Crippen molar-refractivity contribution in [2.45, 2.75) is 24.5 Å². The van der Waals surface area contributed by atoms with Gasteiger partial charge in [0, 0.05) is 25.2 Å². The normalized spacial score (nSPS) is 20.8. The molecule has 1 amide bonds. The predicted octanol–water partition coefficient (Wildman–Crippen LogP) is 1.83. The van der Waals surface area contributed by atoms with E-state index in [0.29, 0.717) is 37.7 Å². The van der Waals surface area contributed by atoms with Gasteiger partial charge >= 0.3 is 0 Å². The summed E-state index contributed by atoms with van der Waals surface area (Å²) in [5.41, 5.74) is -0.364. The van der Waals surface area contributed by atoms with Crippen molar-refractivity contribution < 1.29 is 23.4 Å². The van der Waals surface area contributed by atoms with Crippen LogP contribution in [-0.2, 0) is 9.53 Å². The van der Waals surface area contributed by atoms with Crippen LogP contribution in [-0.4, -0.2) is 58.8 Å². The van der Waals surface area contributed by atoms with Gasteiger partial charge < -0.3 is 19.1 Å². The maximum Gasteiger partial charge on any atom is 0.260 e. The van der Waals surface area contributed by atoms with Gasteiger partial charge in [-0.2, -0.15) is 0 Å². The third-order valence-corrected chi connectivity index (χ3v) is 4.76. The van der Waals surface area contributed by atoms with Gasteiger partial charge in [-0.3, -0.25) is 9.78 Å². The van der Waals surface area contributed by atoms with Crippen LogP contribution in [0.15, 0.2) is 42.9 Å². The summed E-state index contributed by atoms with van der Waals surface area (Å²) >= 11 is 0. The average Bonchev–Trinajstić information content (AvgIpc) is 2.66. The summed E-state index contributed by atoms with van der Waals surface area (Å²) in [7, 11) is 0.